The summed E-state index contributed by atoms with van der Waals surface area (Å²) in [5.74, 6) is 1.04. The lowest BCUT2D eigenvalue weighted by Crippen LogP contribution is -2.34. The lowest BCUT2D eigenvalue weighted by molar-refractivity contribution is -0.126. The number of ether oxygens (including phenoxy) is 2. The predicted molar refractivity (Wildman–Crippen MR) is 116 cm³/mol. The van der Waals surface area contributed by atoms with Gasteiger partial charge in [0.05, 0.1) is 18.7 Å². The molecule has 0 fully saturated rings. The number of benzene rings is 2. The maximum Gasteiger partial charge on any atom is 0.246 e. The molecule has 6 heteroatoms. The first kappa shape index (κ1) is 19.4. The highest BCUT2D eigenvalue weighted by atomic mass is 35.5. The molecule has 2 heterocycles. The molecule has 0 radical (unpaired) electrons. The molecule has 1 aliphatic heterocycles. The van der Waals surface area contributed by atoms with Crippen LogP contribution in [0.3, 0.4) is 0 Å². The lowest BCUT2D eigenvalue weighted by Gasteiger charge is -2.26. The van der Waals surface area contributed by atoms with Crippen molar-refractivity contribution in [3.63, 3.8) is 0 Å². The van der Waals surface area contributed by atoms with Crippen molar-refractivity contribution < 1.29 is 14.3 Å². The van der Waals surface area contributed by atoms with Crippen molar-refractivity contribution in [3.8, 4) is 11.5 Å². The number of rotatable bonds is 5. The molecule has 0 spiro atoms. The van der Waals surface area contributed by atoms with E-state index in [2.05, 4.69) is 17.1 Å². The zero-order valence-corrected chi connectivity index (χ0v) is 17.3. The molecule has 4 rings (SSSR count). The van der Waals surface area contributed by atoms with E-state index in [1.807, 2.05) is 30.0 Å². The third-order valence-electron chi connectivity index (χ3n) is 5.15. The van der Waals surface area contributed by atoms with Crippen LogP contribution in [0.25, 0.3) is 17.0 Å². The van der Waals surface area contributed by atoms with Gasteiger partial charge in [0.15, 0.2) is 11.5 Å². The normalized spacial score (nSPS) is 13.7. The molecular formula is C23H23ClN2O3. The number of nitrogens with one attached hydrogen (secondary N) is 1. The molecule has 0 saturated heterocycles. The molecule has 150 valence electrons. The Kier molecular flexibility index (Phi) is 5.49. The molecule has 1 aliphatic rings. The van der Waals surface area contributed by atoms with E-state index in [-0.39, 0.29) is 5.91 Å². The van der Waals surface area contributed by atoms with Gasteiger partial charge in [0.2, 0.25) is 5.91 Å². The molecule has 1 amide bonds. The van der Waals surface area contributed by atoms with E-state index in [0.717, 1.165) is 17.5 Å². The molecule has 0 saturated carbocycles. The number of amides is 1. The molecule has 0 atom stereocenters. The van der Waals surface area contributed by atoms with Crippen LogP contribution in [0.4, 0.5) is 0 Å². The SMILES string of the molecule is CCOc1cc(/C=C/C(=O)N2CCc3[nH]c4ccccc4c3C2)cc(Cl)c1OC. The summed E-state index contributed by atoms with van der Waals surface area (Å²) in [7, 11) is 1.55. The summed E-state index contributed by atoms with van der Waals surface area (Å²) < 4.78 is 10.9. The molecule has 0 bridgehead atoms. The Balaban J connectivity index is 1.53. The number of para-hydroxylation sites is 1. The van der Waals surface area contributed by atoms with Gasteiger partial charge in [0.1, 0.15) is 0 Å². The average Bonchev–Trinajstić information content (AvgIpc) is 3.10. The van der Waals surface area contributed by atoms with Crippen molar-refractivity contribution in [2.45, 2.75) is 19.9 Å². The first-order chi connectivity index (χ1) is 14.1. The van der Waals surface area contributed by atoms with Crippen LogP contribution >= 0.6 is 11.6 Å². The van der Waals surface area contributed by atoms with Crippen LogP contribution in [0, 0.1) is 0 Å². The topological polar surface area (TPSA) is 54.6 Å². The number of hydrogen-bond donors (Lipinski definition) is 1. The van der Waals surface area contributed by atoms with Gasteiger partial charge in [-0.1, -0.05) is 29.8 Å². The Morgan fingerprint density at radius 3 is 2.93 bits per heavy atom. The molecule has 29 heavy (non-hydrogen) atoms. The number of carbonyl (C=O) groups is 1. The summed E-state index contributed by atoms with van der Waals surface area (Å²) in [5.41, 5.74) is 4.35. The van der Waals surface area contributed by atoms with Crippen molar-refractivity contribution in [1.29, 1.82) is 0 Å². The Morgan fingerprint density at radius 1 is 1.31 bits per heavy atom. The number of aromatic amines is 1. The quantitative estimate of drug-likeness (QED) is 0.613. The van der Waals surface area contributed by atoms with Crippen molar-refractivity contribution in [2.24, 2.45) is 0 Å². The van der Waals surface area contributed by atoms with Gasteiger partial charge < -0.3 is 19.4 Å². The summed E-state index contributed by atoms with van der Waals surface area (Å²) in [6, 6.07) is 11.8. The fourth-order valence-electron chi connectivity index (χ4n) is 3.77. The second-order valence-electron chi connectivity index (χ2n) is 6.94. The average molecular weight is 411 g/mol. The largest absolute Gasteiger partial charge is 0.491 e. The lowest BCUT2D eigenvalue weighted by atomic mass is 10.0. The Bertz CT molecular complexity index is 1090. The van der Waals surface area contributed by atoms with E-state index >= 15 is 0 Å². The van der Waals surface area contributed by atoms with Crippen LogP contribution in [0.15, 0.2) is 42.5 Å². The van der Waals surface area contributed by atoms with Gasteiger partial charge in [-0.25, -0.2) is 0 Å². The predicted octanol–water partition coefficient (Wildman–Crippen LogP) is 4.83. The minimum Gasteiger partial charge on any atom is -0.491 e. The van der Waals surface area contributed by atoms with Gasteiger partial charge in [-0.2, -0.15) is 0 Å². The van der Waals surface area contributed by atoms with Crippen LogP contribution < -0.4 is 9.47 Å². The number of nitrogens with zero attached hydrogens (tertiary/aromatic N) is 1. The number of carbonyl (C=O) groups excluding carboxylic acids is 1. The van der Waals surface area contributed by atoms with E-state index in [9.17, 15) is 4.79 Å². The highest BCUT2D eigenvalue weighted by Crippen LogP contribution is 2.36. The minimum atomic E-state index is -0.0224. The molecule has 2 aromatic carbocycles. The van der Waals surface area contributed by atoms with Crippen LogP contribution in [-0.2, 0) is 17.8 Å². The number of fused-ring (bicyclic) bond motifs is 3. The number of aromatic nitrogens is 1. The number of hydrogen-bond acceptors (Lipinski definition) is 3. The van der Waals surface area contributed by atoms with Crippen molar-refractivity contribution in [3.05, 3.63) is 64.3 Å². The van der Waals surface area contributed by atoms with Gasteiger partial charge in [0.25, 0.3) is 0 Å². The standard InChI is InChI=1S/C23H23ClN2O3/c1-3-29-21-13-15(12-18(24)23(21)28-2)8-9-22(27)26-11-10-20-17(14-26)16-6-4-5-7-19(16)25-20/h4-9,12-13,25H,3,10-11,14H2,1-2H3/b9-8+. The summed E-state index contributed by atoms with van der Waals surface area (Å²) in [4.78, 5) is 18.1. The van der Waals surface area contributed by atoms with Crippen LogP contribution in [0.5, 0.6) is 11.5 Å². The smallest absolute Gasteiger partial charge is 0.246 e. The van der Waals surface area contributed by atoms with E-state index in [1.165, 1.54) is 16.6 Å². The monoisotopic (exact) mass is 410 g/mol. The Morgan fingerprint density at radius 2 is 2.14 bits per heavy atom. The third kappa shape index (κ3) is 3.83. The molecule has 3 aromatic rings. The van der Waals surface area contributed by atoms with Crippen LogP contribution in [0.1, 0.15) is 23.7 Å². The van der Waals surface area contributed by atoms with E-state index < -0.39 is 0 Å². The molecule has 1 N–H and O–H groups in total. The van der Waals surface area contributed by atoms with Gasteiger partial charge in [0, 0.05) is 47.7 Å². The first-order valence-corrected chi connectivity index (χ1v) is 10.0. The Hall–Kier alpha value is -2.92. The van der Waals surface area contributed by atoms with Crippen molar-refractivity contribution >= 4 is 34.5 Å². The summed E-state index contributed by atoms with van der Waals surface area (Å²) >= 11 is 6.30. The van der Waals surface area contributed by atoms with Crippen LogP contribution in [-0.4, -0.2) is 36.1 Å². The van der Waals surface area contributed by atoms with Crippen molar-refractivity contribution in [2.75, 3.05) is 20.3 Å². The first-order valence-electron chi connectivity index (χ1n) is 9.66. The molecular weight excluding hydrogens is 388 g/mol. The summed E-state index contributed by atoms with van der Waals surface area (Å²) in [6.07, 6.45) is 4.18. The van der Waals surface area contributed by atoms with Gasteiger partial charge in [-0.15, -0.1) is 0 Å². The minimum absolute atomic E-state index is 0.0224. The summed E-state index contributed by atoms with van der Waals surface area (Å²) in [5, 5.41) is 1.64. The second-order valence-corrected chi connectivity index (χ2v) is 7.35. The number of methoxy groups -OCH3 is 1. The molecule has 1 aromatic heterocycles. The maximum atomic E-state index is 12.8. The second kappa shape index (κ2) is 8.21. The van der Waals surface area contributed by atoms with Gasteiger partial charge >= 0.3 is 0 Å². The van der Waals surface area contributed by atoms with Gasteiger partial charge in [-0.05, 0) is 36.8 Å². The van der Waals surface area contributed by atoms with Gasteiger partial charge in [-0.3, -0.25) is 4.79 Å². The number of H-pyrrole nitrogens is 1. The van der Waals surface area contributed by atoms with E-state index in [0.29, 0.717) is 36.2 Å². The summed E-state index contributed by atoms with van der Waals surface area (Å²) in [6.45, 7) is 3.70. The zero-order chi connectivity index (χ0) is 20.4. The highest BCUT2D eigenvalue weighted by molar-refractivity contribution is 6.32. The fourth-order valence-corrected chi connectivity index (χ4v) is 4.07. The molecule has 5 nitrogen and oxygen atoms in total. The van der Waals surface area contributed by atoms with E-state index in [1.54, 1.807) is 25.3 Å². The highest BCUT2D eigenvalue weighted by Gasteiger charge is 2.22. The maximum absolute atomic E-state index is 12.8. The van der Waals surface area contributed by atoms with Crippen molar-refractivity contribution in [1.82, 2.24) is 9.88 Å². The van der Waals surface area contributed by atoms with Crippen LogP contribution in [0.2, 0.25) is 5.02 Å². The number of halogens is 1. The third-order valence-corrected chi connectivity index (χ3v) is 5.43. The zero-order valence-electron chi connectivity index (χ0n) is 16.5. The molecule has 0 aliphatic carbocycles. The van der Waals surface area contributed by atoms with E-state index in [4.69, 9.17) is 21.1 Å². The fraction of sp³-hybridized carbons (Fsp3) is 0.261. The molecule has 0 unspecified atom stereocenters. The Labute approximate surface area is 174 Å².